The van der Waals surface area contributed by atoms with Gasteiger partial charge in [-0.05, 0) is 73.3 Å². The van der Waals surface area contributed by atoms with Crippen LogP contribution in [0.25, 0.3) is 81.0 Å². The third kappa shape index (κ3) is 6.04. The molecule has 12 aromatic rings. The summed E-state index contributed by atoms with van der Waals surface area (Å²) in [7, 11) is -3.22. The minimum Gasteiger partial charge on any atom is -0.308 e. The number of aromatic nitrogens is 1. The van der Waals surface area contributed by atoms with E-state index in [1.807, 2.05) is 91.0 Å². The van der Waals surface area contributed by atoms with Crippen LogP contribution in [-0.4, -0.2) is 12.6 Å². The molecule has 0 amide bonds. The van der Waals surface area contributed by atoms with Gasteiger partial charge in [-0.1, -0.05) is 218 Å². The fourth-order valence-electron chi connectivity index (χ4n) is 9.69. The molecule has 0 bridgehead atoms. The van der Waals surface area contributed by atoms with Crippen LogP contribution >= 0.6 is 11.3 Å². The molecular weight excluding hydrogens is 795 g/mol. The summed E-state index contributed by atoms with van der Waals surface area (Å²) in [6, 6.07) is 68.7. The van der Waals surface area contributed by atoms with Crippen LogP contribution in [0, 0.1) is 0 Å². The van der Waals surface area contributed by atoms with Crippen molar-refractivity contribution in [2.75, 3.05) is 0 Å². The topological polar surface area (TPSA) is 4.93 Å². The molecule has 3 heteroatoms. The molecule has 1 nitrogen and oxygen atoms in total. The maximum absolute atomic E-state index is 10.3. The Hall–Kier alpha value is -7.56. The fraction of sp³-hybridized carbons (Fsp3) is 0. The van der Waals surface area contributed by atoms with Gasteiger partial charge in [0.05, 0.1) is 26.3 Å². The standard InChI is InChI=1S/C60H41NSSi/c1-6-21-42(22-7-1)52-40-48(63(45-25-10-3-11-26-45,46-27-12-4-13-28-46)47-29-14-5-15-30-47)41-53(43-23-8-2-9-24-43)60(52)61-55-34-18-16-31-50(55)54-39-44(37-38-56(54)61)49-33-20-36-58-59(49)51-32-17-19-35-57(51)62-58/h1-41H/i16D,18D,31D,34D,37D,38D,39D. The first-order valence-electron chi connectivity index (χ1n) is 24.6. The van der Waals surface area contributed by atoms with Gasteiger partial charge in [0, 0.05) is 42.1 Å². The zero-order valence-electron chi connectivity index (χ0n) is 41.0. The summed E-state index contributed by atoms with van der Waals surface area (Å²) < 4.78 is 72.0. The molecule has 63 heavy (non-hydrogen) atoms. The van der Waals surface area contributed by atoms with Crippen molar-refractivity contribution in [3.63, 3.8) is 0 Å². The molecule has 0 saturated heterocycles. The van der Waals surface area contributed by atoms with Crippen LogP contribution in [0.3, 0.4) is 0 Å². The molecule has 2 aromatic heterocycles. The summed E-state index contributed by atoms with van der Waals surface area (Å²) in [6.07, 6.45) is 0. The highest BCUT2D eigenvalue weighted by Gasteiger charge is 2.42. The van der Waals surface area contributed by atoms with E-state index < -0.39 is 20.2 Å². The van der Waals surface area contributed by atoms with Crippen molar-refractivity contribution in [3.8, 4) is 39.1 Å². The van der Waals surface area contributed by atoms with Crippen LogP contribution in [-0.2, 0) is 0 Å². The summed E-state index contributed by atoms with van der Waals surface area (Å²) in [5.41, 5.74) is 4.98. The van der Waals surface area contributed by atoms with Crippen molar-refractivity contribution in [3.05, 3.63) is 249 Å². The van der Waals surface area contributed by atoms with E-state index >= 15 is 0 Å². The van der Waals surface area contributed by atoms with Crippen LogP contribution < -0.4 is 20.7 Å². The second-order valence-electron chi connectivity index (χ2n) is 15.8. The van der Waals surface area contributed by atoms with Crippen LogP contribution in [0.4, 0.5) is 0 Å². The van der Waals surface area contributed by atoms with Gasteiger partial charge in [0.15, 0.2) is 8.07 Å². The van der Waals surface area contributed by atoms with Crippen LogP contribution in [0.2, 0.25) is 0 Å². The first-order chi connectivity index (χ1) is 34.2. The lowest BCUT2D eigenvalue weighted by Gasteiger charge is -2.36. The molecular formula is C60H41NSSi. The Morgan fingerprint density at radius 3 is 1.49 bits per heavy atom. The normalized spacial score (nSPS) is 13.4. The lowest BCUT2D eigenvalue weighted by Crippen LogP contribution is -2.74. The summed E-state index contributed by atoms with van der Waals surface area (Å²) in [6.45, 7) is 0. The predicted molar refractivity (Wildman–Crippen MR) is 274 cm³/mol. The highest BCUT2D eigenvalue weighted by atomic mass is 32.1. The van der Waals surface area contributed by atoms with E-state index in [1.165, 1.54) is 15.6 Å². The lowest BCUT2D eigenvalue weighted by atomic mass is 9.95. The largest absolute Gasteiger partial charge is 0.308 e. The first-order valence-corrected chi connectivity index (χ1v) is 23.9. The molecule has 0 spiro atoms. The minimum atomic E-state index is -3.22. The summed E-state index contributed by atoms with van der Waals surface area (Å²) >= 11 is 1.63. The zero-order chi connectivity index (χ0) is 47.8. The maximum atomic E-state index is 10.3. The van der Waals surface area contributed by atoms with E-state index in [4.69, 9.17) is 1.37 Å². The highest BCUT2D eigenvalue weighted by Crippen LogP contribution is 2.44. The number of thiophene rings is 1. The van der Waals surface area contributed by atoms with Gasteiger partial charge in [0.2, 0.25) is 0 Å². The average Bonchev–Trinajstić information content (AvgIpc) is 3.98. The van der Waals surface area contributed by atoms with E-state index in [9.17, 15) is 8.22 Å². The Morgan fingerprint density at radius 1 is 0.381 bits per heavy atom. The van der Waals surface area contributed by atoms with E-state index in [0.717, 1.165) is 47.6 Å². The molecule has 0 N–H and O–H groups in total. The second-order valence-corrected chi connectivity index (χ2v) is 20.7. The van der Waals surface area contributed by atoms with Gasteiger partial charge < -0.3 is 4.57 Å². The van der Waals surface area contributed by atoms with Crippen molar-refractivity contribution in [1.82, 2.24) is 4.57 Å². The van der Waals surface area contributed by atoms with Gasteiger partial charge in [-0.15, -0.1) is 11.3 Å². The van der Waals surface area contributed by atoms with Crippen molar-refractivity contribution in [1.29, 1.82) is 0 Å². The van der Waals surface area contributed by atoms with Crippen LogP contribution in [0.1, 0.15) is 9.60 Å². The van der Waals surface area contributed by atoms with Gasteiger partial charge in [-0.3, -0.25) is 0 Å². The minimum absolute atomic E-state index is 0.0737. The number of rotatable bonds is 8. The van der Waals surface area contributed by atoms with Gasteiger partial charge in [-0.25, -0.2) is 0 Å². The predicted octanol–water partition coefficient (Wildman–Crippen LogP) is 13.5. The third-order valence-corrected chi connectivity index (χ3v) is 18.3. The van der Waals surface area contributed by atoms with Crippen molar-refractivity contribution in [2.45, 2.75) is 0 Å². The lowest BCUT2D eigenvalue weighted by molar-refractivity contribution is 1.18. The van der Waals surface area contributed by atoms with Crippen LogP contribution in [0.15, 0.2) is 249 Å². The number of benzene rings is 10. The summed E-state index contributed by atoms with van der Waals surface area (Å²) in [4.78, 5) is 0. The van der Waals surface area contributed by atoms with Gasteiger partial charge in [-0.2, -0.15) is 0 Å². The molecule has 10 aromatic carbocycles. The Bertz CT molecular complexity index is 3850. The number of hydrogen-bond donors (Lipinski definition) is 0. The van der Waals surface area contributed by atoms with E-state index in [2.05, 4.69) is 115 Å². The van der Waals surface area contributed by atoms with Crippen LogP contribution in [0.5, 0.6) is 0 Å². The third-order valence-electron chi connectivity index (χ3n) is 12.4. The average molecular weight is 843 g/mol. The first kappa shape index (κ1) is 30.5. The van der Waals surface area contributed by atoms with E-state index in [1.54, 1.807) is 15.9 Å². The molecule has 0 saturated carbocycles. The number of hydrogen-bond acceptors (Lipinski definition) is 1. The van der Waals surface area contributed by atoms with Crippen molar-refractivity contribution in [2.24, 2.45) is 0 Å². The van der Waals surface area contributed by atoms with Crippen molar-refractivity contribution >= 4 is 82.1 Å². The highest BCUT2D eigenvalue weighted by molar-refractivity contribution is 7.26. The molecule has 0 unspecified atom stereocenters. The summed E-state index contributed by atoms with van der Waals surface area (Å²) in [5, 5.41) is 6.79. The summed E-state index contributed by atoms with van der Waals surface area (Å²) in [5.74, 6) is 0. The molecule has 0 radical (unpaired) electrons. The van der Waals surface area contributed by atoms with E-state index in [0.29, 0.717) is 11.3 Å². The quantitative estimate of drug-likeness (QED) is 0.106. The Labute approximate surface area is 382 Å². The Kier molecular flexibility index (Phi) is 7.45. The van der Waals surface area contributed by atoms with Crippen molar-refractivity contribution < 1.29 is 9.60 Å². The van der Waals surface area contributed by atoms with Gasteiger partial charge in [0.25, 0.3) is 0 Å². The van der Waals surface area contributed by atoms with Gasteiger partial charge >= 0.3 is 0 Å². The molecule has 12 rings (SSSR count). The molecule has 2 heterocycles. The number of nitrogens with zero attached hydrogens (tertiary/aromatic N) is 1. The monoisotopic (exact) mass is 842 g/mol. The Morgan fingerprint density at radius 2 is 0.889 bits per heavy atom. The smallest absolute Gasteiger partial charge is 0.179 e. The zero-order valence-corrected chi connectivity index (χ0v) is 35.8. The Balaban J connectivity index is 1.30. The number of fused-ring (bicyclic) bond motifs is 6. The molecule has 0 aliphatic rings. The molecule has 296 valence electrons. The molecule has 0 fully saturated rings. The SMILES string of the molecule is [2H]c1c([2H])c([2H])c2c(c1[2H])c1c([2H])c(-c3cccc4sc5ccccc5c34)c([2H])c([2H])c1n2-c1c(-c2ccccc2)cc([Si](c2ccccc2)(c2ccccc2)c2ccccc2)cc1-c1ccccc1. The fourth-order valence-corrected chi connectivity index (χ4v) is 15.6. The molecule has 0 atom stereocenters. The van der Waals surface area contributed by atoms with Gasteiger partial charge in [0.1, 0.15) is 0 Å². The maximum Gasteiger partial charge on any atom is 0.179 e. The van der Waals surface area contributed by atoms with E-state index in [-0.39, 0.29) is 57.6 Å². The molecule has 0 aliphatic heterocycles. The molecule has 0 aliphatic carbocycles. The number of para-hydroxylation sites is 1. The second kappa shape index (κ2) is 15.4.